The highest BCUT2D eigenvalue weighted by atomic mass is 15.4. The molecular formula is C9H20N3+. The SMILES string of the molecule is CN1CC(C)(N2CC[NH2+]CC2)C1. The van der Waals surface area contributed by atoms with Crippen molar-refractivity contribution < 1.29 is 5.32 Å². The average molecular weight is 170 g/mol. The smallest absolute Gasteiger partial charge is 0.0885 e. The maximum atomic E-state index is 2.66. The van der Waals surface area contributed by atoms with Crippen LogP contribution in [0.25, 0.3) is 0 Å². The van der Waals surface area contributed by atoms with Gasteiger partial charge in [-0.3, -0.25) is 4.90 Å². The summed E-state index contributed by atoms with van der Waals surface area (Å²) >= 11 is 0. The first-order chi connectivity index (χ1) is 5.71. The minimum absolute atomic E-state index is 0.503. The van der Waals surface area contributed by atoms with E-state index in [1.165, 1.54) is 39.3 Å². The molecular weight excluding hydrogens is 150 g/mol. The fourth-order valence-electron chi connectivity index (χ4n) is 2.61. The first kappa shape index (κ1) is 8.48. The first-order valence-corrected chi connectivity index (χ1v) is 4.96. The second-order valence-electron chi connectivity index (χ2n) is 4.52. The minimum atomic E-state index is 0.503. The van der Waals surface area contributed by atoms with Crippen molar-refractivity contribution in [1.82, 2.24) is 9.80 Å². The van der Waals surface area contributed by atoms with Crippen molar-refractivity contribution in [2.75, 3.05) is 46.3 Å². The summed E-state index contributed by atoms with van der Waals surface area (Å²) in [6.07, 6.45) is 0. The van der Waals surface area contributed by atoms with Crippen LogP contribution in [0.5, 0.6) is 0 Å². The van der Waals surface area contributed by atoms with Crippen LogP contribution in [0.1, 0.15) is 6.92 Å². The summed E-state index contributed by atoms with van der Waals surface area (Å²) in [4.78, 5) is 5.06. The van der Waals surface area contributed by atoms with Crippen LogP contribution in [0.3, 0.4) is 0 Å². The fourth-order valence-corrected chi connectivity index (χ4v) is 2.61. The lowest BCUT2D eigenvalue weighted by Crippen LogP contribution is -2.91. The number of likely N-dealkylation sites (tertiary alicyclic amines) is 1. The van der Waals surface area contributed by atoms with Gasteiger partial charge < -0.3 is 10.2 Å². The molecule has 2 aliphatic rings. The minimum Gasteiger partial charge on any atom is -0.344 e. The summed E-state index contributed by atoms with van der Waals surface area (Å²) < 4.78 is 0. The van der Waals surface area contributed by atoms with E-state index in [4.69, 9.17) is 0 Å². The van der Waals surface area contributed by atoms with Crippen LogP contribution in [0.15, 0.2) is 0 Å². The van der Waals surface area contributed by atoms with Gasteiger partial charge in [-0.2, -0.15) is 0 Å². The van der Waals surface area contributed by atoms with Crippen LogP contribution < -0.4 is 5.32 Å². The lowest BCUT2D eigenvalue weighted by Gasteiger charge is -2.53. The molecule has 12 heavy (non-hydrogen) atoms. The Kier molecular flexibility index (Phi) is 2.10. The molecule has 0 radical (unpaired) electrons. The molecule has 2 saturated heterocycles. The van der Waals surface area contributed by atoms with E-state index in [9.17, 15) is 0 Å². The highest BCUT2D eigenvalue weighted by Crippen LogP contribution is 2.25. The molecule has 2 rings (SSSR count). The Balaban J connectivity index is 1.90. The average Bonchev–Trinajstić information content (AvgIpc) is 2.04. The van der Waals surface area contributed by atoms with E-state index in [2.05, 4.69) is 29.1 Å². The van der Waals surface area contributed by atoms with Crippen molar-refractivity contribution in [2.24, 2.45) is 0 Å². The van der Waals surface area contributed by atoms with E-state index in [0.29, 0.717) is 5.54 Å². The van der Waals surface area contributed by atoms with E-state index >= 15 is 0 Å². The predicted molar refractivity (Wildman–Crippen MR) is 49.1 cm³/mol. The molecule has 0 aliphatic carbocycles. The van der Waals surface area contributed by atoms with Crippen molar-refractivity contribution in [3.63, 3.8) is 0 Å². The van der Waals surface area contributed by atoms with Gasteiger partial charge in [0.1, 0.15) is 0 Å². The van der Waals surface area contributed by atoms with Gasteiger partial charge in [-0.05, 0) is 14.0 Å². The monoisotopic (exact) mass is 170 g/mol. The van der Waals surface area contributed by atoms with E-state index in [1.807, 2.05) is 0 Å². The Labute approximate surface area is 74.7 Å². The van der Waals surface area contributed by atoms with Crippen molar-refractivity contribution in [2.45, 2.75) is 12.5 Å². The van der Waals surface area contributed by atoms with Crippen molar-refractivity contribution in [3.8, 4) is 0 Å². The Morgan fingerprint density at radius 2 is 1.75 bits per heavy atom. The van der Waals surface area contributed by atoms with Gasteiger partial charge in [0.2, 0.25) is 0 Å². The largest absolute Gasteiger partial charge is 0.344 e. The lowest BCUT2D eigenvalue weighted by atomic mass is 9.90. The lowest BCUT2D eigenvalue weighted by molar-refractivity contribution is -0.664. The van der Waals surface area contributed by atoms with Crippen molar-refractivity contribution in [3.05, 3.63) is 0 Å². The van der Waals surface area contributed by atoms with Crippen LogP contribution in [0.2, 0.25) is 0 Å². The second-order valence-corrected chi connectivity index (χ2v) is 4.52. The van der Waals surface area contributed by atoms with Crippen LogP contribution in [0, 0.1) is 0 Å². The number of nitrogens with two attached hydrogens (primary N) is 1. The van der Waals surface area contributed by atoms with Crippen molar-refractivity contribution in [1.29, 1.82) is 0 Å². The molecule has 0 spiro atoms. The van der Waals surface area contributed by atoms with Gasteiger partial charge in [-0.15, -0.1) is 0 Å². The standard InChI is InChI=1S/C9H19N3/c1-9(7-11(2)8-9)12-5-3-10-4-6-12/h10H,3-8H2,1-2H3/p+1. The van der Waals surface area contributed by atoms with E-state index in [-0.39, 0.29) is 0 Å². The Hall–Kier alpha value is -0.120. The summed E-state index contributed by atoms with van der Waals surface area (Å²) in [7, 11) is 2.21. The molecule has 3 nitrogen and oxygen atoms in total. The van der Waals surface area contributed by atoms with Gasteiger partial charge >= 0.3 is 0 Å². The third-order valence-electron chi connectivity index (χ3n) is 3.19. The van der Waals surface area contributed by atoms with Crippen LogP contribution in [-0.2, 0) is 0 Å². The zero-order valence-corrected chi connectivity index (χ0v) is 8.21. The Morgan fingerprint density at radius 3 is 2.25 bits per heavy atom. The number of rotatable bonds is 1. The summed E-state index contributed by atoms with van der Waals surface area (Å²) in [5.41, 5.74) is 0.503. The molecule has 0 atom stereocenters. The summed E-state index contributed by atoms with van der Waals surface area (Å²) in [5, 5.41) is 2.42. The molecule has 3 heteroatoms. The molecule has 0 aromatic carbocycles. The molecule has 0 aromatic heterocycles. The van der Waals surface area contributed by atoms with Gasteiger partial charge in [-0.25, -0.2) is 0 Å². The van der Waals surface area contributed by atoms with Gasteiger partial charge in [-0.1, -0.05) is 0 Å². The fraction of sp³-hybridized carbons (Fsp3) is 1.00. The normalized spacial score (nSPS) is 31.5. The molecule has 2 N–H and O–H groups in total. The number of likely N-dealkylation sites (N-methyl/N-ethyl adjacent to an activating group) is 1. The summed E-state index contributed by atoms with van der Waals surface area (Å²) in [6, 6.07) is 0. The number of hydrogen-bond donors (Lipinski definition) is 1. The predicted octanol–water partition coefficient (Wildman–Crippen LogP) is -1.43. The molecule has 2 fully saturated rings. The summed E-state index contributed by atoms with van der Waals surface area (Å²) in [5.74, 6) is 0. The van der Waals surface area contributed by atoms with E-state index in [1.54, 1.807) is 0 Å². The molecule has 0 bridgehead atoms. The summed E-state index contributed by atoms with van der Waals surface area (Å²) in [6.45, 7) is 10.1. The third-order valence-corrected chi connectivity index (χ3v) is 3.19. The second kappa shape index (κ2) is 2.98. The highest BCUT2D eigenvalue weighted by Gasteiger charge is 2.42. The molecule has 0 amide bonds. The number of nitrogens with zero attached hydrogens (tertiary/aromatic N) is 2. The van der Waals surface area contributed by atoms with Gasteiger partial charge in [0.15, 0.2) is 0 Å². The van der Waals surface area contributed by atoms with E-state index < -0.39 is 0 Å². The topological polar surface area (TPSA) is 23.1 Å². The van der Waals surface area contributed by atoms with Crippen molar-refractivity contribution >= 4 is 0 Å². The molecule has 70 valence electrons. The molecule has 0 unspecified atom stereocenters. The third kappa shape index (κ3) is 1.37. The van der Waals surface area contributed by atoms with Crippen LogP contribution >= 0.6 is 0 Å². The quantitative estimate of drug-likeness (QED) is 0.521. The van der Waals surface area contributed by atoms with Gasteiger partial charge in [0.05, 0.1) is 13.1 Å². The number of quaternary nitrogens is 1. The van der Waals surface area contributed by atoms with E-state index in [0.717, 1.165) is 0 Å². The Morgan fingerprint density at radius 1 is 1.17 bits per heavy atom. The van der Waals surface area contributed by atoms with Crippen LogP contribution in [0.4, 0.5) is 0 Å². The Bertz CT molecular complexity index is 157. The first-order valence-electron chi connectivity index (χ1n) is 4.96. The highest BCUT2D eigenvalue weighted by molar-refractivity contribution is 4.99. The zero-order chi connectivity index (χ0) is 8.60. The molecule has 2 heterocycles. The molecule has 2 aliphatic heterocycles. The number of hydrogen-bond acceptors (Lipinski definition) is 2. The van der Waals surface area contributed by atoms with Crippen LogP contribution in [-0.4, -0.2) is 61.7 Å². The maximum absolute atomic E-state index is 2.66. The zero-order valence-electron chi connectivity index (χ0n) is 8.21. The van der Waals surface area contributed by atoms with Gasteiger partial charge in [0.25, 0.3) is 0 Å². The van der Waals surface area contributed by atoms with Gasteiger partial charge in [0, 0.05) is 31.7 Å². The maximum Gasteiger partial charge on any atom is 0.0885 e. The number of piperazine rings is 1. The molecule has 0 aromatic rings. The molecule has 0 saturated carbocycles.